The maximum absolute atomic E-state index is 13.1. The number of allylic oxidation sites excluding steroid dienone is 1. The summed E-state index contributed by atoms with van der Waals surface area (Å²) in [6.45, 7) is 6.41. The fourth-order valence-electron chi connectivity index (χ4n) is 3.76. The molecule has 7 nitrogen and oxygen atoms in total. The van der Waals surface area contributed by atoms with Crippen LogP contribution in [0, 0.1) is 22.8 Å². The minimum absolute atomic E-state index is 0.0183. The van der Waals surface area contributed by atoms with Crippen molar-refractivity contribution in [2.24, 2.45) is 5.73 Å². The Hall–Kier alpha value is -4.27. The molecule has 0 saturated heterocycles. The standard InChI is InChI=1S/C27H27N3O4Si/c1-33-26(31)23-22(19-11-7-6-8-12-19)21(17-28)25(29)30(24(23)27(32)34-2)20-13-9-10-18(16-20)14-15-35(3,4)5/h6-13,16,22H,29H2,1-5H3. The molecule has 178 valence electrons. The van der Waals surface area contributed by atoms with Gasteiger partial charge in [-0.15, -0.1) is 5.54 Å². The molecule has 35 heavy (non-hydrogen) atoms. The highest BCUT2D eigenvalue weighted by molar-refractivity contribution is 6.83. The molecule has 1 atom stereocenters. The number of methoxy groups -OCH3 is 2. The SMILES string of the molecule is COC(=O)C1=C(C(=O)OC)N(c2cccc(C#C[Si](C)(C)C)c2)C(N)=C(C#N)C1c1ccccc1. The van der Waals surface area contributed by atoms with Crippen LogP contribution in [-0.4, -0.2) is 34.2 Å². The number of ether oxygens (including phenoxy) is 2. The molecular weight excluding hydrogens is 458 g/mol. The van der Waals surface area contributed by atoms with E-state index in [1.807, 2.05) is 12.1 Å². The molecule has 1 aliphatic heterocycles. The number of carbonyl (C=O) groups excluding carboxylic acids is 2. The van der Waals surface area contributed by atoms with E-state index in [1.165, 1.54) is 19.1 Å². The number of benzene rings is 2. The van der Waals surface area contributed by atoms with Crippen LogP contribution >= 0.6 is 0 Å². The van der Waals surface area contributed by atoms with Crippen molar-refractivity contribution in [3.05, 3.63) is 88.4 Å². The van der Waals surface area contributed by atoms with Crippen molar-refractivity contribution in [3.8, 4) is 17.5 Å². The predicted octanol–water partition coefficient (Wildman–Crippen LogP) is 3.81. The largest absolute Gasteiger partial charge is 0.466 e. The summed E-state index contributed by atoms with van der Waals surface area (Å²) in [7, 11) is 0.799. The van der Waals surface area contributed by atoms with E-state index in [0.717, 1.165) is 0 Å². The van der Waals surface area contributed by atoms with E-state index in [1.54, 1.807) is 42.5 Å². The second-order valence-electron chi connectivity index (χ2n) is 8.89. The summed E-state index contributed by atoms with van der Waals surface area (Å²) >= 11 is 0. The monoisotopic (exact) mass is 485 g/mol. The number of hydrogen-bond acceptors (Lipinski definition) is 7. The van der Waals surface area contributed by atoms with Gasteiger partial charge in [0.2, 0.25) is 0 Å². The van der Waals surface area contributed by atoms with Gasteiger partial charge in [0.15, 0.2) is 0 Å². The number of rotatable bonds is 4. The van der Waals surface area contributed by atoms with Crippen LogP contribution in [0.3, 0.4) is 0 Å². The number of nitriles is 1. The summed E-state index contributed by atoms with van der Waals surface area (Å²) in [6.07, 6.45) is 0. The zero-order valence-corrected chi connectivity index (χ0v) is 21.4. The summed E-state index contributed by atoms with van der Waals surface area (Å²) in [5.41, 5.74) is 11.6. The Morgan fingerprint density at radius 3 is 2.23 bits per heavy atom. The average molecular weight is 486 g/mol. The van der Waals surface area contributed by atoms with Crippen LogP contribution in [0.15, 0.2) is 77.3 Å². The second kappa shape index (κ2) is 10.3. The molecule has 2 aromatic carbocycles. The van der Waals surface area contributed by atoms with Gasteiger partial charge < -0.3 is 15.2 Å². The maximum atomic E-state index is 13.1. The molecule has 3 rings (SSSR count). The molecule has 0 bridgehead atoms. The number of esters is 2. The zero-order chi connectivity index (χ0) is 25.8. The van der Waals surface area contributed by atoms with E-state index < -0.39 is 25.9 Å². The molecule has 0 aliphatic carbocycles. The number of nitrogens with two attached hydrogens (primary N) is 1. The number of nitrogens with zero attached hydrogens (tertiary/aromatic N) is 2. The molecule has 1 unspecified atom stereocenters. The van der Waals surface area contributed by atoms with Gasteiger partial charge in [0, 0.05) is 11.3 Å². The van der Waals surface area contributed by atoms with Crippen LogP contribution < -0.4 is 10.6 Å². The quantitative estimate of drug-likeness (QED) is 0.399. The lowest BCUT2D eigenvalue weighted by Crippen LogP contribution is -2.40. The number of hydrogen-bond donors (Lipinski definition) is 1. The average Bonchev–Trinajstić information content (AvgIpc) is 2.86. The third kappa shape index (κ3) is 5.29. The van der Waals surface area contributed by atoms with Crippen molar-refractivity contribution in [3.63, 3.8) is 0 Å². The van der Waals surface area contributed by atoms with Crippen LogP contribution in [0.5, 0.6) is 0 Å². The highest BCUT2D eigenvalue weighted by Gasteiger charge is 2.42. The molecule has 0 spiro atoms. The highest BCUT2D eigenvalue weighted by Crippen LogP contribution is 2.43. The van der Waals surface area contributed by atoms with Gasteiger partial charge in [-0.25, -0.2) is 9.59 Å². The van der Waals surface area contributed by atoms with Gasteiger partial charge in [-0.1, -0.05) is 62.0 Å². The summed E-state index contributed by atoms with van der Waals surface area (Å²) in [5, 5.41) is 10.1. The molecule has 1 heterocycles. The molecular formula is C27H27N3O4Si. The molecule has 2 aromatic rings. The first-order valence-corrected chi connectivity index (χ1v) is 14.4. The van der Waals surface area contributed by atoms with E-state index in [0.29, 0.717) is 16.8 Å². The summed E-state index contributed by atoms with van der Waals surface area (Å²) in [5.74, 6) is 0.739. The lowest BCUT2D eigenvalue weighted by atomic mass is 9.81. The van der Waals surface area contributed by atoms with Crippen LogP contribution in [0.4, 0.5) is 5.69 Å². The van der Waals surface area contributed by atoms with Gasteiger partial charge in [-0.3, -0.25) is 4.90 Å². The lowest BCUT2D eigenvalue weighted by molar-refractivity contribution is -0.139. The third-order valence-corrected chi connectivity index (χ3v) is 6.17. The molecule has 0 amide bonds. The Morgan fingerprint density at radius 1 is 1.00 bits per heavy atom. The topological polar surface area (TPSA) is 106 Å². The molecule has 0 radical (unpaired) electrons. The normalized spacial score (nSPS) is 15.7. The smallest absolute Gasteiger partial charge is 0.355 e. The van der Waals surface area contributed by atoms with E-state index in [9.17, 15) is 14.9 Å². The van der Waals surface area contributed by atoms with Gasteiger partial charge in [0.05, 0.1) is 37.4 Å². The van der Waals surface area contributed by atoms with Crippen molar-refractivity contribution in [2.75, 3.05) is 19.1 Å². The first-order valence-electron chi connectivity index (χ1n) is 10.9. The second-order valence-corrected chi connectivity index (χ2v) is 13.6. The summed E-state index contributed by atoms with van der Waals surface area (Å²) < 4.78 is 10.1. The van der Waals surface area contributed by atoms with Crippen molar-refractivity contribution >= 4 is 25.7 Å². The zero-order valence-electron chi connectivity index (χ0n) is 20.4. The molecule has 0 saturated carbocycles. The Kier molecular flexibility index (Phi) is 7.48. The van der Waals surface area contributed by atoms with Gasteiger partial charge in [0.25, 0.3) is 0 Å². The van der Waals surface area contributed by atoms with E-state index in [2.05, 4.69) is 37.2 Å². The van der Waals surface area contributed by atoms with Crippen LogP contribution in [0.1, 0.15) is 17.0 Å². The first-order chi connectivity index (χ1) is 16.6. The van der Waals surface area contributed by atoms with Gasteiger partial charge in [-0.05, 0) is 23.8 Å². The maximum Gasteiger partial charge on any atom is 0.355 e. The number of anilines is 1. The van der Waals surface area contributed by atoms with Gasteiger partial charge in [-0.2, -0.15) is 5.26 Å². The minimum atomic E-state index is -1.64. The summed E-state index contributed by atoms with van der Waals surface area (Å²) in [6, 6.07) is 18.1. The molecule has 8 heteroatoms. The molecule has 0 fully saturated rings. The molecule has 0 aromatic heterocycles. The highest BCUT2D eigenvalue weighted by atomic mass is 28.3. The summed E-state index contributed by atoms with van der Waals surface area (Å²) in [4.78, 5) is 27.6. The van der Waals surface area contributed by atoms with Crippen molar-refractivity contribution < 1.29 is 19.1 Å². The predicted molar refractivity (Wildman–Crippen MR) is 136 cm³/mol. The van der Waals surface area contributed by atoms with Crippen molar-refractivity contribution in [1.29, 1.82) is 5.26 Å². The fourth-order valence-corrected chi connectivity index (χ4v) is 4.28. The Bertz CT molecular complexity index is 1320. The fraction of sp³-hybridized carbons (Fsp3) is 0.222. The van der Waals surface area contributed by atoms with E-state index in [-0.39, 0.29) is 22.7 Å². The lowest BCUT2D eigenvalue weighted by Gasteiger charge is -2.35. The first kappa shape index (κ1) is 25.4. The Labute approximate surface area is 206 Å². The van der Waals surface area contributed by atoms with E-state index >= 15 is 0 Å². The molecule has 2 N–H and O–H groups in total. The van der Waals surface area contributed by atoms with Crippen molar-refractivity contribution in [1.82, 2.24) is 0 Å². The van der Waals surface area contributed by atoms with Gasteiger partial charge in [0.1, 0.15) is 19.6 Å². The van der Waals surface area contributed by atoms with Crippen LogP contribution in [0.2, 0.25) is 19.6 Å². The van der Waals surface area contributed by atoms with Crippen LogP contribution in [0.25, 0.3) is 0 Å². The Morgan fingerprint density at radius 2 is 1.66 bits per heavy atom. The van der Waals surface area contributed by atoms with Gasteiger partial charge >= 0.3 is 11.9 Å². The van der Waals surface area contributed by atoms with E-state index in [4.69, 9.17) is 15.2 Å². The number of carbonyl (C=O) groups is 2. The van der Waals surface area contributed by atoms with Crippen molar-refractivity contribution in [2.45, 2.75) is 25.6 Å². The Balaban J connectivity index is 2.35. The molecule has 1 aliphatic rings. The third-order valence-electron chi connectivity index (χ3n) is 5.30. The van der Waals surface area contributed by atoms with Crippen LogP contribution in [-0.2, 0) is 19.1 Å². The minimum Gasteiger partial charge on any atom is -0.466 e.